The SMILES string of the molecule is COc1ccccc1S(=O)(=O)N1CCN(C(=O)c2ccc(F)c(F)c2)CC1. The van der Waals surface area contributed by atoms with Crippen LogP contribution in [0.25, 0.3) is 0 Å². The van der Waals surface area contributed by atoms with Crippen LogP contribution in [0.2, 0.25) is 0 Å². The van der Waals surface area contributed by atoms with E-state index < -0.39 is 27.6 Å². The number of nitrogens with zero attached hydrogens (tertiary/aromatic N) is 2. The number of amides is 1. The molecule has 3 rings (SSSR count). The molecule has 0 atom stereocenters. The van der Waals surface area contributed by atoms with Gasteiger partial charge in [-0.15, -0.1) is 0 Å². The number of hydrogen-bond acceptors (Lipinski definition) is 4. The van der Waals surface area contributed by atoms with E-state index in [1.54, 1.807) is 18.2 Å². The van der Waals surface area contributed by atoms with Crippen molar-refractivity contribution in [3.8, 4) is 5.75 Å². The molecule has 0 radical (unpaired) electrons. The Morgan fingerprint density at radius 3 is 2.30 bits per heavy atom. The van der Waals surface area contributed by atoms with E-state index in [0.717, 1.165) is 12.1 Å². The molecule has 6 nitrogen and oxygen atoms in total. The highest BCUT2D eigenvalue weighted by molar-refractivity contribution is 7.89. The molecule has 1 heterocycles. The summed E-state index contributed by atoms with van der Waals surface area (Å²) in [5, 5.41) is 0. The van der Waals surface area contributed by atoms with Gasteiger partial charge in [0.15, 0.2) is 11.6 Å². The second-order valence-corrected chi connectivity index (χ2v) is 7.88. The summed E-state index contributed by atoms with van der Waals surface area (Å²) in [6.45, 7) is 0.476. The fraction of sp³-hybridized carbons (Fsp3) is 0.278. The highest BCUT2D eigenvalue weighted by atomic mass is 32.2. The summed E-state index contributed by atoms with van der Waals surface area (Å²) in [4.78, 5) is 13.9. The van der Waals surface area contributed by atoms with E-state index in [1.165, 1.54) is 28.4 Å². The second-order valence-electron chi connectivity index (χ2n) is 5.98. The molecule has 0 N–H and O–H groups in total. The molecular weight excluding hydrogens is 378 g/mol. The minimum absolute atomic E-state index is 0.0231. The molecular formula is C18H18F2N2O4S. The average Bonchev–Trinajstić information content (AvgIpc) is 2.69. The zero-order chi connectivity index (χ0) is 19.6. The molecule has 9 heteroatoms. The van der Waals surface area contributed by atoms with Crippen molar-refractivity contribution in [1.82, 2.24) is 9.21 Å². The zero-order valence-electron chi connectivity index (χ0n) is 14.6. The molecule has 0 bridgehead atoms. The van der Waals surface area contributed by atoms with Crippen molar-refractivity contribution >= 4 is 15.9 Å². The molecule has 1 saturated heterocycles. The smallest absolute Gasteiger partial charge is 0.254 e. The third-order valence-electron chi connectivity index (χ3n) is 4.38. The highest BCUT2D eigenvalue weighted by Gasteiger charge is 2.32. The standard InChI is InChI=1S/C18H18F2N2O4S/c1-26-16-4-2-3-5-17(16)27(24,25)22-10-8-21(9-11-22)18(23)13-6-7-14(19)15(20)12-13/h2-7,12H,8-11H2,1H3. The van der Waals surface area contributed by atoms with Gasteiger partial charge < -0.3 is 9.64 Å². The number of ether oxygens (including phenoxy) is 1. The van der Waals surface area contributed by atoms with Gasteiger partial charge >= 0.3 is 0 Å². The Kier molecular flexibility index (Phi) is 5.43. The van der Waals surface area contributed by atoms with Gasteiger partial charge in [-0.3, -0.25) is 4.79 Å². The van der Waals surface area contributed by atoms with Crippen LogP contribution in [0.5, 0.6) is 5.75 Å². The van der Waals surface area contributed by atoms with Crippen LogP contribution >= 0.6 is 0 Å². The number of benzene rings is 2. The highest BCUT2D eigenvalue weighted by Crippen LogP contribution is 2.27. The van der Waals surface area contributed by atoms with Crippen molar-refractivity contribution in [2.75, 3.05) is 33.3 Å². The van der Waals surface area contributed by atoms with E-state index in [-0.39, 0.29) is 42.4 Å². The zero-order valence-corrected chi connectivity index (χ0v) is 15.4. The summed E-state index contributed by atoms with van der Waals surface area (Å²) in [6.07, 6.45) is 0. The Bertz CT molecular complexity index is 958. The fourth-order valence-electron chi connectivity index (χ4n) is 2.91. The number of rotatable bonds is 4. The number of methoxy groups -OCH3 is 1. The Labute approximate surface area is 156 Å². The minimum Gasteiger partial charge on any atom is -0.495 e. The number of sulfonamides is 1. The number of halogens is 2. The molecule has 1 aliphatic rings. The lowest BCUT2D eigenvalue weighted by Crippen LogP contribution is -2.50. The van der Waals surface area contributed by atoms with Crippen LogP contribution in [0, 0.1) is 11.6 Å². The van der Waals surface area contributed by atoms with Crippen LogP contribution in [0.4, 0.5) is 8.78 Å². The van der Waals surface area contributed by atoms with Crippen LogP contribution in [-0.2, 0) is 10.0 Å². The van der Waals surface area contributed by atoms with Crippen molar-refractivity contribution in [2.24, 2.45) is 0 Å². The largest absolute Gasteiger partial charge is 0.495 e. The molecule has 1 aliphatic heterocycles. The van der Waals surface area contributed by atoms with E-state index in [4.69, 9.17) is 4.74 Å². The summed E-state index contributed by atoms with van der Waals surface area (Å²) in [5.74, 6) is -2.35. The van der Waals surface area contributed by atoms with Crippen LogP contribution in [0.1, 0.15) is 10.4 Å². The molecule has 0 aromatic heterocycles. The summed E-state index contributed by atoms with van der Waals surface area (Å²) >= 11 is 0. The first-order valence-electron chi connectivity index (χ1n) is 8.22. The van der Waals surface area contributed by atoms with Crippen LogP contribution in [-0.4, -0.2) is 56.8 Å². The van der Waals surface area contributed by atoms with Crippen molar-refractivity contribution in [2.45, 2.75) is 4.90 Å². The molecule has 0 saturated carbocycles. The molecule has 2 aromatic carbocycles. The Hall–Kier alpha value is -2.52. The van der Waals surface area contributed by atoms with Crippen LogP contribution in [0.15, 0.2) is 47.4 Å². The first kappa shape index (κ1) is 19.2. The number of carbonyl (C=O) groups excluding carboxylic acids is 1. The maximum Gasteiger partial charge on any atom is 0.254 e. The maximum absolute atomic E-state index is 13.3. The third kappa shape index (κ3) is 3.79. The van der Waals surface area contributed by atoms with Gasteiger partial charge in [-0.05, 0) is 30.3 Å². The first-order valence-corrected chi connectivity index (χ1v) is 9.66. The number of carbonyl (C=O) groups is 1. The third-order valence-corrected chi connectivity index (χ3v) is 6.32. The van der Waals surface area contributed by atoms with Gasteiger partial charge in [0.25, 0.3) is 5.91 Å². The van der Waals surface area contributed by atoms with E-state index in [1.807, 2.05) is 0 Å². The monoisotopic (exact) mass is 396 g/mol. The molecule has 1 amide bonds. The van der Waals surface area contributed by atoms with Crippen LogP contribution in [0.3, 0.4) is 0 Å². The van der Waals surface area contributed by atoms with E-state index >= 15 is 0 Å². The lowest BCUT2D eigenvalue weighted by atomic mass is 10.1. The van der Waals surface area contributed by atoms with Gasteiger partial charge in [-0.2, -0.15) is 4.31 Å². The van der Waals surface area contributed by atoms with E-state index in [0.29, 0.717) is 0 Å². The lowest BCUT2D eigenvalue weighted by molar-refractivity contribution is 0.0697. The van der Waals surface area contributed by atoms with Crippen molar-refractivity contribution in [1.29, 1.82) is 0 Å². The molecule has 0 aliphatic carbocycles. The Morgan fingerprint density at radius 2 is 1.67 bits per heavy atom. The summed E-state index contributed by atoms with van der Waals surface area (Å²) in [6, 6.07) is 9.26. The quantitative estimate of drug-likeness (QED) is 0.794. The van der Waals surface area contributed by atoms with Gasteiger partial charge in [-0.1, -0.05) is 12.1 Å². The normalized spacial score (nSPS) is 15.6. The van der Waals surface area contributed by atoms with Gasteiger partial charge in [0.05, 0.1) is 7.11 Å². The summed E-state index contributed by atoms with van der Waals surface area (Å²) in [7, 11) is -2.37. The molecule has 2 aromatic rings. The van der Waals surface area contributed by atoms with Gasteiger partial charge in [0.1, 0.15) is 10.6 Å². The summed E-state index contributed by atoms with van der Waals surface area (Å²) in [5.41, 5.74) is 0.0231. The topological polar surface area (TPSA) is 66.9 Å². The van der Waals surface area contributed by atoms with E-state index in [9.17, 15) is 22.0 Å². The number of hydrogen-bond donors (Lipinski definition) is 0. The predicted molar refractivity (Wildman–Crippen MR) is 94.0 cm³/mol. The van der Waals surface area contributed by atoms with Crippen molar-refractivity contribution in [3.63, 3.8) is 0 Å². The molecule has 1 fully saturated rings. The van der Waals surface area contributed by atoms with Crippen molar-refractivity contribution in [3.05, 3.63) is 59.7 Å². The van der Waals surface area contributed by atoms with Gasteiger partial charge in [0.2, 0.25) is 10.0 Å². The lowest BCUT2D eigenvalue weighted by Gasteiger charge is -2.34. The fourth-order valence-corrected chi connectivity index (χ4v) is 4.49. The molecule has 0 spiro atoms. The molecule has 27 heavy (non-hydrogen) atoms. The second kappa shape index (κ2) is 7.61. The first-order chi connectivity index (χ1) is 12.8. The van der Waals surface area contributed by atoms with Gasteiger partial charge in [0, 0.05) is 31.7 Å². The average molecular weight is 396 g/mol. The predicted octanol–water partition coefficient (Wildman–Crippen LogP) is 2.12. The Morgan fingerprint density at radius 1 is 1.00 bits per heavy atom. The molecule has 144 valence electrons. The van der Waals surface area contributed by atoms with Crippen molar-refractivity contribution < 1.29 is 26.7 Å². The van der Waals surface area contributed by atoms with Gasteiger partial charge in [-0.25, -0.2) is 17.2 Å². The summed E-state index contributed by atoms with van der Waals surface area (Å²) < 4.78 is 58.5. The number of piperazine rings is 1. The minimum atomic E-state index is -3.77. The molecule has 0 unspecified atom stereocenters. The van der Waals surface area contributed by atoms with Crippen LogP contribution < -0.4 is 4.74 Å². The van der Waals surface area contributed by atoms with E-state index in [2.05, 4.69) is 0 Å². The Balaban J connectivity index is 1.73. The maximum atomic E-state index is 13.3. The number of para-hydroxylation sites is 1.